The summed E-state index contributed by atoms with van der Waals surface area (Å²) >= 11 is 0. The molecule has 2 aromatic heterocycles. The number of amides is 1. The Hall–Kier alpha value is -2.70. The molecule has 0 bridgehead atoms. The first-order chi connectivity index (χ1) is 11.0. The Kier molecular flexibility index (Phi) is 7.45. The van der Waals surface area contributed by atoms with Crippen LogP contribution in [0.1, 0.15) is 22.6 Å². The van der Waals surface area contributed by atoms with Gasteiger partial charge in [0, 0.05) is 25.0 Å². The van der Waals surface area contributed by atoms with E-state index in [1.807, 2.05) is 37.5 Å². The van der Waals surface area contributed by atoms with Gasteiger partial charge in [0.25, 0.3) is 6.47 Å². The number of imidazole rings is 1. The number of aromatic nitrogens is 3. The van der Waals surface area contributed by atoms with Crippen molar-refractivity contribution in [1.82, 2.24) is 19.9 Å². The quantitative estimate of drug-likeness (QED) is 0.809. The highest BCUT2D eigenvalue weighted by atomic mass is 16.3. The van der Waals surface area contributed by atoms with Crippen LogP contribution in [0, 0.1) is 20.8 Å². The molecule has 7 heteroatoms. The maximum absolute atomic E-state index is 11.9. The van der Waals surface area contributed by atoms with E-state index in [0.717, 1.165) is 29.2 Å². The van der Waals surface area contributed by atoms with Crippen LogP contribution >= 0.6 is 0 Å². The van der Waals surface area contributed by atoms with Gasteiger partial charge in [-0.2, -0.15) is 0 Å². The molecule has 0 unspecified atom stereocenters. The first-order valence-electron chi connectivity index (χ1n) is 7.23. The number of pyridine rings is 1. The van der Waals surface area contributed by atoms with Crippen molar-refractivity contribution in [3.05, 3.63) is 47.3 Å². The van der Waals surface area contributed by atoms with Crippen molar-refractivity contribution in [2.24, 2.45) is 0 Å². The number of nitrogens with zero attached hydrogens (tertiary/aromatic N) is 3. The summed E-state index contributed by atoms with van der Waals surface area (Å²) in [5, 5.41) is 9.80. The van der Waals surface area contributed by atoms with Crippen LogP contribution in [0.25, 0.3) is 0 Å². The van der Waals surface area contributed by atoms with Gasteiger partial charge in [-0.3, -0.25) is 14.6 Å². The van der Waals surface area contributed by atoms with Crippen LogP contribution in [0.3, 0.4) is 0 Å². The molecule has 0 saturated heterocycles. The van der Waals surface area contributed by atoms with Gasteiger partial charge in [-0.25, -0.2) is 4.98 Å². The molecular formula is C16H22N4O3. The molecule has 2 N–H and O–H groups in total. The Bertz CT molecular complexity index is 653. The molecule has 0 radical (unpaired) electrons. The maximum atomic E-state index is 11.9. The number of carbonyl (C=O) groups is 2. The molecule has 0 aliphatic carbocycles. The lowest BCUT2D eigenvalue weighted by atomic mass is 10.1. The Morgan fingerprint density at radius 1 is 1.35 bits per heavy atom. The van der Waals surface area contributed by atoms with Gasteiger partial charge in [0.05, 0.1) is 24.1 Å². The van der Waals surface area contributed by atoms with Gasteiger partial charge < -0.3 is 15.0 Å². The molecule has 2 heterocycles. The van der Waals surface area contributed by atoms with Crippen molar-refractivity contribution in [3.8, 4) is 0 Å². The summed E-state index contributed by atoms with van der Waals surface area (Å²) in [6.45, 7) is 7.06. The van der Waals surface area contributed by atoms with Crippen molar-refractivity contribution in [1.29, 1.82) is 0 Å². The number of aryl methyl sites for hydroxylation is 2. The van der Waals surface area contributed by atoms with Gasteiger partial charge in [-0.15, -0.1) is 0 Å². The van der Waals surface area contributed by atoms with Crippen molar-refractivity contribution in [2.75, 3.05) is 6.54 Å². The van der Waals surface area contributed by atoms with Crippen LogP contribution in [0.5, 0.6) is 0 Å². The predicted octanol–water partition coefficient (Wildman–Crippen LogP) is 1.26. The third kappa shape index (κ3) is 5.90. The summed E-state index contributed by atoms with van der Waals surface area (Å²) in [6, 6.07) is 3.84. The zero-order valence-electron chi connectivity index (χ0n) is 13.6. The summed E-state index contributed by atoms with van der Waals surface area (Å²) in [5.41, 5.74) is 4.05. The summed E-state index contributed by atoms with van der Waals surface area (Å²) < 4.78 is 2.04. The Balaban J connectivity index is 0.000000816. The normalized spacial score (nSPS) is 9.70. The van der Waals surface area contributed by atoms with Crippen molar-refractivity contribution >= 4 is 12.4 Å². The van der Waals surface area contributed by atoms with E-state index >= 15 is 0 Å². The molecular weight excluding hydrogens is 296 g/mol. The lowest BCUT2D eigenvalue weighted by Gasteiger charge is -2.08. The second-order valence-corrected chi connectivity index (χ2v) is 5.01. The van der Waals surface area contributed by atoms with Crippen LogP contribution in [0.4, 0.5) is 0 Å². The molecule has 124 valence electrons. The van der Waals surface area contributed by atoms with E-state index in [4.69, 9.17) is 9.90 Å². The summed E-state index contributed by atoms with van der Waals surface area (Å²) in [4.78, 5) is 28.7. The topological polar surface area (TPSA) is 97.1 Å². The van der Waals surface area contributed by atoms with Crippen LogP contribution in [0.15, 0.2) is 24.7 Å². The van der Waals surface area contributed by atoms with Gasteiger partial charge in [0.1, 0.15) is 0 Å². The Labute approximate surface area is 135 Å². The second kappa shape index (κ2) is 9.34. The number of hydrogen-bond donors (Lipinski definition) is 2. The van der Waals surface area contributed by atoms with E-state index in [2.05, 4.69) is 15.3 Å². The van der Waals surface area contributed by atoms with Gasteiger partial charge in [0.2, 0.25) is 5.91 Å². The lowest BCUT2D eigenvalue weighted by molar-refractivity contribution is -0.123. The Morgan fingerprint density at radius 3 is 2.61 bits per heavy atom. The maximum Gasteiger partial charge on any atom is 0.290 e. The highest BCUT2D eigenvalue weighted by Gasteiger charge is 2.07. The highest BCUT2D eigenvalue weighted by Crippen LogP contribution is 2.04. The standard InChI is InChI=1S/C15H20N4O.CH2O2/c1-11-5-4-6-16-14(11)9-15(20)17-7-8-19-10-18-12(2)13(19)3;2-1-3/h4-6,10H,7-9H2,1-3H3,(H,17,20);1H,(H,2,3). The average molecular weight is 318 g/mol. The van der Waals surface area contributed by atoms with E-state index in [0.29, 0.717) is 13.0 Å². The molecule has 7 nitrogen and oxygen atoms in total. The number of rotatable bonds is 5. The summed E-state index contributed by atoms with van der Waals surface area (Å²) in [7, 11) is 0. The molecule has 2 rings (SSSR count). The molecule has 0 saturated carbocycles. The Morgan fingerprint density at radius 2 is 2.04 bits per heavy atom. The third-order valence-electron chi connectivity index (χ3n) is 3.47. The van der Waals surface area contributed by atoms with E-state index < -0.39 is 0 Å². The van der Waals surface area contributed by atoms with Crippen molar-refractivity contribution in [2.45, 2.75) is 33.7 Å². The van der Waals surface area contributed by atoms with Crippen molar-refractivity contribution < 1.29 is 14.7 Å². The van der Waals surface area contributed by atoms with Crippen LogP contribution in [-0.4, -0.2) is 38.6 Å². The minimum atomic E-state index is -0.250. The minimum Gasteiger partial charge on any atom is -0.483 e. The number of carbonyl (C=O) groups excluding carboxylic acids is 1. The van der Waals surface area contributed by atoms with Gasteiger partial charge in [0.15, 0.2) is 0 Å². The molecule has 0 atom stereocenters. The number of carboxylic acid groups (broad SMARTS) is 1. The van der Waals surface area contributed by atoms with E-state index in [-0.39, 0.29) is 12.4 Å². The molecule has 0 aromatic carbocycles. The summed E-state index contributed by atoms with van der Waals surface area (Å²) in [5.74, 6) is 0.00119. The van der Waals surface area contributed by atoms with Crippen LogP contribution < -0.4 is 5.32 Å². The molecule has 0 aliphatic heterocycles. The smallest absolute Gasteiger partial charge is 0.290 e. The first kappa shape index (κ1) is 18.3. The largest absolute Gasteiger partial charge is 0.483 e. The molecule has 0 fully saturated rings. The van der Waals surface area contributed by atoms with E-state index in [9.17, 15) is 4.79 Å². The van der Waals surface area contributed by atoms with Crippen molar-refractivity contribution in [3.63, 3.8) is 0 Å². The van der Waals surface area contributed by atoms with E-state index in [1.54, 1.807) is 12.5 Å². The predicted molar refractivity (Wildman–Crippen MR) is 86.1 cm³/mol. The molecule has 1 amide bonds. The second-order valence-electron chi connectivity index (χ2n) is 5.01. The van der Waals surface area contributed by atoms with Gasteiger partial charge in [-0.1, -0.05) is 6.07 Å². The lowest BCUT2D eigenvalue weighted by Crippen LogP contribution is -2.29. The molecule has 0 aliphatic rings. The van der Waals surface area contributed by atoms with Crippen LogP contribution in [-0.2, 0) is 22.6 Å². The molecule has 23 heavy (non-hydrogen) atoms. The average Bonchev–Trinajstić information content (AvgIpc) is 2.82. The summed E-state index contributed by atoms with van der Waals surface area (Å²) in [6.07, 6.45) is 3.85. The van der Waals surface area contributed by atoms with Gasteiger partial charge in [-0.05, 0) is 32.4 Å². The fraction of sp³-hybridized carbons (Fsp3) is 0.375. The van der Waals surface area contributed by atoms with Gasteiger partial charge >= 0.3 is 0 Å². The highest BCUT2D eigenvalue weighted by molar-refractivity contribution is 5.78. The SMILES string of the molecule is Cc1cccnc1CC(=O)NCCn1cnc(C)c1C.O=CO. The third-order valence-corrected chi connectivity index (χ3v) is 3.47. The number of hydrogen-bond acceptors (Lipinski definition) is 4. The molecule has 0 spiro atoms. The zero-order chi connectivity index (χ0) is 17.2. The van der Waals surface area contributed by atoms with Crippen LogP contribution in [0.2, 0.25) is 0 Å². The first-order valence-corrected chi connectivity index (χ1v) is 7.23. The fourth-order valence-electron chi connectivity index (χ4n) is 2.00. The minimum absolute atomic E-state index is 0.00119. The zero-order valence-corrected chi connectivity index (χ0v) is 13.6. The number of nitrogens with one attached hydrogen (secondary N) is 1. The fourth-order valence-corrected chi connectivity index (χ4v) is 2.00. The monoisotopic (exact) mass is 318 g/mol. The molecule has 2 aromatic rings. The van der Waals surface area contributed by atoms with E-state index in [1.165, 1.54) is 0 Å².